The van der Waals surface area contributed by atoms with Crippen LogP contribution in [0.1, 0.15) is 33.6 Å². The SMILES string of the molecule is Cc1cn2ccc(C(=O)NC3CCc4ccccc4C3)cc2n1. The Labute approximate surface area is 135 Å². The van der Waals surface area contributed by atoms with Gasteiger partial charge in [0, 0.05) is 24.0 Å². The van der Waals surface area contributed by atoms with Crippen molar-refractivity contribution in [2.75, 3.05) is 0 Å². The molecule has 0 aliphatic heterocycles. The number of imidazole rings is 1. The summed E-state index contributed by atoms with van der Waals surface area (Å²) in [7, 11) is 0. The molecule has 116 valence electrons. The Morgan fingerprint density at radius 2 is 2.09 bits per heavy atom. The molecule has 4 nitrogen and oxygen atoms in total. The topological polar surface area (TPSA) is 46.4 Å². The molecule has 3 aromatic rings. The van der Waals surface area contributed by atoms with Crippen LogP contribution in [0.15, 0.2) is 48.8 Å². The number of rotatable bonds is 2. The van der Waals surface area contributed by atoms with Gasteiger partial charge in [-0.2, -0.15) is 0 Å². The fourth-order valence-electron chi connectivity index (χ4n) is 3.34. The van der Waals surface area contributed by atoms with E-state index in [1.54, 1.807) is 0 Å². The van der Waals surface area contributed by atoms with E-state index in [4.69, 9.17) is 0 Å². The first-order valence-electron chi connectivity index (χ1n) is 8.02. The summed E-state index contributed by atoms with van der Waals surface area (Å²) in [4.78, 5) is 16.9. The highest BCUT2D eigenvalue weighted by Gasteiger charge is 2.20. The number of amides is 1. The Hall–Kier alpha value is -2.62. The van der Waals surface area contributed by atoms with Crippen LogP contribution in [0.2, 0.25) is 0 Å². The number of carbonyl (C=O) groups is 1. The highest BCUT2D eigenvalue weighted by molar-refractivity contribution is 5.95. The predicted molar refractivity (Wildman–Crippen MR) is 89.7 cm³/mol. The molecule has 4 rings (SSSR count). The summed E-state index contributed by atoms with van der Waals surface area (Å²) < 4.78 is 1.93. The number of nitrogens with one attached hydrogen (secondary N) is 1. The first kappa shape index (κ1) is 14.0. The molecule has 0 fully saturated rings. The van der Waals surface area contributed by atoms with Crippen LogP contribution in [-0.2, 0) is 12.8 Å². The van der Waals surface area contributed by atoms with E-state index in [1.807, 2.05) is 35.9 Å². The summed E-state index contributed by atoms with van der Waals surface area (Å²) in [6.07, 6.45) is 6.77. The number of hydrogen-bond acceptors (Lipinski definition) is 2. The number of benzene rings is 1. The van der Waals surface area contributed by atoms with Crippen molar-refractivity contribution < 1.29 is 4.79 Å². The van der Waals surface area contributed by atoms with Crippen molar-refractivity contribution in [3.8, 4) is 0 Å². The van der Waals surface area contributed by atoms with Gasteiger partial charge in [0.05, 0.1) is 5.69 Å². The Kier molecular flexibility index (Phi) is 3.37. The average molecular weight is 305 g/mol. The molecule has 0 saturated heterocycles. The van der Waals surface area contributed by atoms with Gasteiger partial charge in [0.15, 0.2) is 0 Å². The first-order valence-corrected chi connectivity index (χ1v) is 8.02. The van der Waals surface area contributed by atoms with Gasteiger partial charge >= 0.3 is 0 Å². The van der Waals surface area contributed by atoms with E-state index in [-0.39, 0.29) is 11.9 Å². The fourth-order valence-corrected chi connectivity index (χ4v) is 3.34. The molecule has 0 saturated carbocycles. The normalized spacial score (nSPS) is 17.0. The van der Waals surface area contributed by atoms with Crippen LogP contribution < -0.4 is 5.32 Å². The maximum absolute atomic E-state index is 12.5. The van der Waals surface area contributed by atoms with E-state index in [1.165, 1.54) is 11.1 Å². The molecule has 1 aromatic carbocycles. The van der Waals surface area contributed by atoms with Crippen LogP contribution in [0.25, 0.3) is 5.65 Å². The van der Waals surface area contributed by atoms with E-state index in [2.05, 4.69) is 34.6 Å². The zero-order chi connectivity index (χ0) is 15.8. The van der Waals surface area contributed by atoms with Crippen LogP contribution in [0.3, 0.4) is 0 Å². The van der Waals surface area contributed by atoms with E-state index >= 15 is 0 Å². The number of hydrogen-bond donors (Lipinski definition) is 1. The quantitative estimate of drug-likeness (QED) is 0.791. The molecule has 1 amide bonds. The minimum Gasteiger partial charge on any atom is -0.349 e. The van der Waals surface area contributed by atoms with Crippen molar-refractivity contribution in [3.05, 3.63) is 71.2 Å². The van der Waals surface area contributed by atoms with Gasteiger partial charge in [-0.1, -0.05) is 24.3 Å². The summed E-state index contributed by atoms with van der Waals surface area (Å²) in [5, 5.41) is 3.17. The zero-order valence-electron chi connectivity index (χ0n) is 13.1. The Morgan fingerprint density at radius 3 is 2.96 bits per heavy atom. The van der Waals surface area contributed by atoms with Crippen molar-refractivity contribution in [2.24, 2.45) is 0 Å². The van der Waals surface area contributed by atoms with E-state index < -0.39 is 0 Å². The van der Waals surface area contributed by atoms with E-state index in [0.29, 0.717) is 5.56 Å². The Balaban J connectivity index is 1.51. The second kappa shape index (κ2) is 5.54. The fraction of sp³-hybridized carbons (Fsp3) is 0.263. The highest BCUT2D eigenvalue weighted by atomic mass is 16.1. The molecule has 0 radical (unpaired) electrons. The summed E-state index contributed by atoms with van der Waals surface area (Å²) in [6, 6.07) is 12.4. The van der Waals surface area contributed by atoms with E-state index in [9.17, 15) is 4.79 Å². The largest absolute Gasteiger partial charge is 0.349 e. The van der Waals surface area contributed by atoms with Crippen LogP contribution in [0, 0.1) is 6.92 Å². The third kappa shape index (κ3) is 2.72. The van der Waals surface area contributed by atoms with Crippen LogP contribution >= 0.6 is 0 Å². The lowest BCUT2D eigenvalue weighted by molar-refractivity contribution is 0.0933. The number of aryl methyl sites for hydroxylation is 2. The van der Waals surface area contributed by atoms with Gasteiger partial charge in [-0.15, -0.1) is 0 Å². The number of aromatic nitrogens is 2. The Morgan fingerprint density at radius 1 is 1.26 bits per heavy atom. The van der Waals surface area contributed by atoms with Gasteiger partial charge in [-0.05, 0) is 49.4 Å². The monoisotopic (exact) mass is 305 g/mol. The van der Waals surface area contributed by atoms with Gasteiger partial charge in [0.1, 0.15) is 5.65 Å². The molecule has 1 N–H and O–H groups in total. The van der Waals surface area contributed by atoms with Crippen molar-refractivity contribution in [2.45, 2.75) is 32.2 Å². The second-order valence-electron chi connectivity index (χ2n) is 6.25. The molecule has 1 aliphatic rings. The highest BCUT2D eigenvalue weighted by Crippen LogP contribution is 2.21. The summed E-state index contributed by atoms with van der Waals surface area (Å²) >= 11 is 0. The molecule has 2 aromatic heterocycles. The van der Waals surface area contributed by atoms with Crippen molar-refractivity contribution in [1.82, 2.24) is 14.7 Å². The summed E-state index contributed by atoms with van der Waals surface area (Å²) in [5.41, 5.74) is 5.19. The molecule has 2 heterocycles. The molecule has 4 heteroatoms. The minimum atomic E-state index is -0.0162. The lowest BCUT2D eigenvalue weighted by Crippen LogP contribution is -2.38. The molecule has 0 bridgehead atoms. The van der Waals surface area contributed by atoms with E-state index in [0.717, 1.165) is 30.6 Å². The van der Waals surface area contributed by atoms with Crippen molar-refractivity contribution >= 4 is 11.6 Å². The summed E-state index contributed by atoms with van der Waals surface area (Å²) in [5.74, 6) is -0.0162. The molecule has 1 atom stereocenters. The van der Waals surface area contributed by atoms with Crippen LogP contribution in [0.4, 0.5) is 0 Å². The lowest BCUT2D eigenvalue weighted by atomic mass is 9.88. The molecular weight excluding hydrogens is 286 g/mol. The first-order chi connectivity index (χ1) is 11.2. The molecular formula is C19H19N3O. The minimum absolute atomic E-state index is 0.0162. The standard InChI is InChI=1S/C19H19N3O/c1-13-12-22-9-8-16(11-18(22)20-13)19(23)21-17-7-6-14-4-2-3-5-15(14)10-17/h2-5,8-9,11-12,17H,6-7,10H2,1H3,(H,21,23). The van der Waals surface area contributed by atoms with Gasteiger partial charge in [0.25, 0.3) is 5.91 Å². The number of pyridine rings is 1. The Bertz CT molecular complexity index is 881. The zero-order valence-corrected chi connectivity index (χ0v) is 13.1. The second-order valence-corrected chi connectivity index (χ2v) is 6.25. The lowest BCUT2D eigenvalue weighted by Gasteiger charge is -2.25. The smallest absolute Gasteiger partial charge is 0.251 e. The molecule has 23 heavy (non-hydrogen) atoms. The van der Waals surface area contributed by atoms with Gasteiger partial charge in [-0.25, -0.2) is 4.98 Å². The molecule has 1 unspecified atom stereocenters. The van der Waals surface area contributed by atoms with Crippen LogP contribution in [0.5, 0.6) is 0 Å². The third-order valence-corrected chi connectivity index (χ3v) is 4.52. The van der Waals surface area contributed by atoms with Crippen LogP contribution in [-0.4, -0.2) is 21.3 Å². The number of carbonyl (C=O) groups excluding carboxylic acids is 1. The number of fused-ring (bicyclic) bond motifs is 2. The van der Waals surface area contributed by atoms with Gasteiger partial charge < -0.3 is 9.72 Å². The predicted octanol–water partition coefficient (Wildman–Crippen LogP) is 2.93. The number of nitrogens with zero attached hydrogens (tertiary/aromatic N) is 2. The van der Waals surface area contributed by atoms with Gasteiger partial charge in [0.2, 0.25) is 0 Å². The maximum atomic E-state index is 12.5. The van der Waals surface area contributed by atoms with Gasteiger partial charge in [-0.3, -0.25) is 4.79 Å². The molecule has 1 aliphatic carbocycles. The molecule has 0 spiro atoms. The average Bonchev–Trinajstić information content (AvgIpc) is 2.93. The van der Waals surface area contributed by atoms with Crippen molar-refractivity contribution in [1.29, 1.82) is 0 Å². The summed E-state index contributed by atoms with van der Waals surface area (Å²) in [6.45, 7) is 1.95. The van der Waals surface area contributed by atoms with Crippen molar-refractivity contribution in [3.63, 3.8) is 0 Å². The third-order valence-electron chi connectivity index (χ3n) is 4.52. The maximum Gasteiger partial charge on any atom is 0.251 e.